The summed E-state index contributed by atoms with van der Waals surface area (Å²) in [5.41, 5.74) is 6.03. The van der Waals surface area contributed by atoms with Crippen molar-refractivity contribution >= 4 is 52.2 Å². The van der Waals surface area contributed by atoms with Crippen LogP contribution in [0.3, 0.4) is 0 Å². The summed E-state index contributed by atoms with van der Waals surface area (Å²) in [6.45, 7) is 4.08. The second kappa shape index (κ2) is 12.8. The third-order valence-electron chi connectivity index (χ3n) is 8.29. The zero-order valence-electron chi connectivity index (χ0n) is 25.7. The zero-order valence-corrected chi connectivity index (χ0v) is 25.7. The summed E-state index contributed by atoms with van der Waals surface area (Å²) in [4.78, 5) is 50.5. The SMILES string of the molecule is CN1CCN(c2ccc(N=CC3C(=O)Nc4cc(C(=O)c5cccc(NC(=O)c6ccccc6N(C)C)c5)ccc43)cc2)CC1. The number of nitrogens with one attached hydrogen (secondary N) is 2. The Balaban J connectivity index is 1.14. The van der Waals surface area contributed by atoms with E-state index in [4.69, 9.17) is 0 Å². The first-order valence-corrected chi connectivity index (χ1v) is 15.0. The molecule has 4 aromatic carbocycles. The summed E-state index contributed by atoms with van der Waals surface area (Å²) < 4.78 is 0. The lowest BCUT2D eigenvalue weighted by Crippen LogP contribution is -2.44. The van der Waals surface area contributed by atoms with E-state index in [1.54, 1.807) is 54.7 Å². The van der Waals surface area contributed by atoms with Gasteiger partial charge in [0, 0.05) is 80.4 Å². The first kappa shape index (κ1) is 29.8. The van der Waals surface area contributed by atoms with E-state index >= 15 is 0 Å². The Hall–Kier alpha value is -5.28. The highest BCUT2D eigenvalue weighted by Crippen LogP contribution is 2.34. The predicted octanol–water partition coefficient (Wildman–Crippen LogP) is 5.43. The normalized spacial score (nSPS) is 16.4. The minimum Gasteiger partial charge on any atom is -0.377 e. The molecule has 1 fully saturated rings. The van der Waals surface area contributed by atoms with Gasteiger partial charge in [0.05, 0.1) is 11.3 Å². The maximum atomic E-state index is 13.5. The molecule has 0 aromatic heterocycles. The van der Waals surface area contributed by atoms with Crippen LogP contribution in [0.2, 0.25) is 0 Å². The number of carbonyl (C=O) groups excluding carboxylic acids is 3. The molecule has 2 aliphatic heterocycles. The van der Waals surface area contributed by atoms with Crippen LogP contribution in [-0.4, -0.2) is 76.0 Å². The molecule has 1 saturated heterocycles. The molecule has 45 heavy (non-hydrogen) atoms. The molecule has 0 bridgehead atoms. The molecule has 0 radical (unpaired) electrons. The van der Waals surface area contributed by atoms with Gasteiger partial charge in [-0.1, -0.05) is 36.4 Å². The van der Waals surface area contributed by atoms with E-state index in [-0.39, 0.29) is 17.6 Å². The molecule has 1 atom stereocenters. The van der Waals surface area contributed by atoms with E-state index in [1.165, 1.54) is 5.69 Å². The number of carbonyl (C=O) groups is 3. The Morgan fingerprint density at radius 3 is 2.38 bits per heavy atom. The molecule has 4 aromatic rings. The maximum Gasteiger partial charge on any atom is 0.257 e. The monoisotopic (exact) mass is 600 g/mol. The van der Waals surface area contributed by atoms with Gasteiger partial charge >= 0.3 is 0 Å². The highest BCUT2D eigenvalue weighted by atomic mass is 16.2. The van der Waals surface area contributed by atoms with Gasteiger partial charge in [0.25, 0.3) is 5.91 Å². The third-order valence-corrected chi connectivity index (χ3v) is 8.29. The Morgan fingerprint density at radius 2 is 1.62 bits per heavy atom. The molecule has 0 aliphatic carbocycles. The third kappa shape index (κ3) is 6.49. The summed E-state index contributed by atoms with van der Waals surface area (Å²) in [7, 11) is 5.90. The zero-order chi connectivity index (χ0) is 31.5. The number of benzene rings is 4. The van der Waals surface area contributed by atoms with Gasteiger partial charge in [0.2, 0.25) is 5.91 Å². The van der Waals surface area contributed by atoms with Crippen LogP contribution in [0.15, 0.2) is 96.0 Å². The van der Waals surface area contributed by atoms with Gasteiger partial charge in [-0.3, -0.25) is 19.4 Å². The molecule has 9 nitrogen and oxygen atoms in total. The highest BCUT2D eigenvalue weighted by molar-refractivity contribution is 6.15. The molecule has 2 heterocycles. The summed E-state index contributed by atoms with van der Waals surface area (Å²) in [5, 5.41) is 5.81. The summed E-state index contributed by atoms with van der Waals surface area (Å²) in [5.74, 6) is -1.21. The number of ketones is 1. The van der Waals surface area contributed by atoms with Crippen molar-refractivity contribution in [1.82, 2.24) is 4.90 Å². The van der Waals surface area contributed by atoms with Crippen molar-refractivity contribution in [1.29, 1.82) is 0 Å². The van der Waals surface area contributed by atoms with Gasteiger partial charge in [0.15, 0.2) is 5.78 Å². The fourth-order valence-corrected chi connectivity index (χ4v) is 5.71. The van der Waals surface area contributed by atoms with Crippen LogP contribution in [0.4, 0.5) is 28.4 Å². The molecule has 2 N–H and O–H groups in total. The molecule has 9 heteroatoms. The van der Waals surface area contributed by atoms with Gasteiger partial charge < -0.3 is 25.3 Å². The van der Waals surface area contributed by atoms with E-state index in [2.05, 4.69) is 44.6 Å². The van der Waals surface area contributed by atoms with E-state index < -0.39 is 5.92 Å². The average Bonchev–Trinajstić information content (AvgIpc) is 3.37. The van der Waals surface area contributed by atoms with Crippen molar-refractivity contribution in [3.05, 3.63) is 113 Å². The fraction of sp³-hybridized carbons (Fsp3) is 0.222. The Bertz CT molecular complexity index is 1770. The van der Waals surface area contributed by atoms with Crippen molar-refractivity contribution in [3.8, 4) is 0 Å². The van der Waals surface area contributed by atoms with Crippen LogP contribution in [0.1, 0.15) is 37.8 Å². The van der Waals surface area contributed by atoms with Gasteiger partial charge in [-0.25, -0.2) is 0 Å². The molecule has 0 spiro atoms. The number of rotatable bonds is 8. The standard InChI is InChI=1S/C36H36N6O3/c1-40(2)33-10-5-4-9-30(33)35(44)38-27-8-6-7-24(21-27)34(43)25-11-16-29-31(36(45)39-32(29)22-25)23-37-26-12-14-28(15-13-26)42-19-17-41(3)18-20-42/h4-16,21-23,31H,17-20H2,1-3H3,(H,38,44)(H,39,45). The number of nitrogens with zero attached hydrogens (tertiary/aromatic N) is 4. The van der Waals surface area contributed by atoms with Crippen LogP contribution >= 0.6 is 0 Å². The minimum atomic E-state index is -0.551. The molecule has 2 amide bonds. The number of likely N-dealkylation sites (N-methyl/N-ethyl adjacent to an activating group) is 1. The van der Waals surface area contributed by atoms with Crippen molar-refractivity contribution in [2.45, 2.75) is 5.92 Å². The average molecular weight is 601 g/mol. The fourth-order valence-electron chi connectivity index (χ4n) is 5.71. The molecular weight excluding hydrogens is 564 g/mol. The topological polar surface area (TPSA) is 97.3 Å². The van der Waals surface area contributed by atoms with Gasteiger partial charge in [-0.15, -0.1) is 0 Å². The second-order valence-electron chi connectivity index (χ2n) is 11.6. The number of amides is 2. The van der Waals surface area contributed by atoms with Gasteiger partial charge in [0.1, 0.15) is 5.92 Å². The Labute approximate surface area is 263 Å². The Morgan fingerprint density at radius 1 is 0.889 bits per heavy atom. The maximum absolute atomic E-state index is 13.5. The van der Waals surface area contributed by atoms with Gasteiger partial charge in [-0.2, -0.15) is 0 Å². The number of fused-ring (bicyclic) bond motifs is 1. The predicted molar refractivity (Wildman–Crippen MR) is 181 cm³/mol. The molecule has 228 valence electrons. The first-order chi connectivity index (χ1) is 21.8. The van der Waals surface area contributed by atoms with Crippen LogP contribution in [0, 0.1) is 0 Å². The number of para-hydroxylation sites is 1. The number of hydrogen-bond acceptors (Lipinski definition) is 7. The minimum absolute atomic E-state index is 0.185. The Kier molecular flexibility index (Phi) is 8.44. The van der Waals surface area contributed by atoms with Crippen molar-refractivity contribution in [2.75, 3.05) is 67.8 Å². The van der Waals surface area contributed by atoms with Crippen molar-refractivity contribution in [3.63, 3.8) is 0 Å². The molecular formula is C36H36N6O3. The summed E-state index contributed by atoms with van der Waals surface area (Å²) >= 11 is 0. The van der Waals surface area contributed by atoms with Crippen LogP contribution in [0.25, 0.3) is 0 Å². The first-order valence-electron chi connectivity index (χ1n) is 15.0. The van der Waals surface area contributed by atoms with Gasteiger partial charge in [-0.05, 0) is 67.2 Å². The van der Waals surface area contributed by atoms with E-state index in [0.29, 0.717) is 28.1 Å². The van der Waals surface area contributed by atoms with Crippen LogP contribution in [-0.2, 0) is 4.79 Å². The lowest BCUT2D eigenvalue weighted by molar-refractivity contribution is -0.115. The van der Waals surface area contributed by atoms with Crippen LogP contribution < -0.4 is 20.4 Å². The highest BCUT2D eigenvalue weighted by Gasteiger charge is 2.30. The number of hydrogen-bond donors (Lipinski definition) is 2. The largest absolute Gasteiger partial charge is 0.377 e. The summed E-state index contributed by atoms with van der Waals surface area (Å²) in [6.07, 6.45) is 1.66. The molecule has 0 saturated carbocycles. The molecule has 6 rings (SSSR count). The molecule has 1 unspecified atom stereocenters. The van der Waals surface area contributed by atoms with E-state index in [0.717, 1.165) is 43.1 Å². The van der Waals surface area contributed by atoms with Crippen LogP contribution in [0.5, 0.6) is 0 Å². The lowest BCUT2D eigenvalue weighted by Gasteiger charge is -2.34. The smallest absolute Gasteiger partial charge is 0.257 e. The number of piperazine rings is 1. The quantitative estimate of drug-likeness (QED) is 0.207. The lowest BCUT2D eigenvalue weighted by atomic mass is 9.97. The van der Waals surface area contributed by atoms with Crippen molar-refractivity contribution < 1.29 is 14.4 Å². The van der Waals surface area contributed by atoms with Crippen molar-refractivity contribution in [2.24, 2.45) is 4.99 Å². The second-order valence-corrected chi connectivity index (χ2v) is 11.6. The number of anilines is 4. The number of aliphatic imine (C=N–C) groups is 1. The van der Waals surface area contributed by atoms with E-state index in [1.807, 2.05) is 49.3 Å². The van der Waals surface area contributed by atoms with E-state index in [9.17, 15) is 14.4 Å². The summed E-state index contributed by atoms with van der Waals surface area (Å²) in [6, 6.07) is 27.5. The molecule has 2 aliphatic rings.